The number of carboxylic acids is 1. The minimum absolute atomic E-state index is 0.0420. The van der Waals surface area contributed by atoms with Crippen molar-refractivity contribution < 1.29 is 19.4 Å². The maximum Gasteiger partial charge on any atom is 0.339 e. The summed E-state index contributed by atoms with van der Waals surface area (Å²) in [5.41, 5.74) is 0.927. The third-order valence-electron chi connectivity index (χ3n) is 2.70. The quantitative estimate of drug-likeness (QED) is 0.914. The fourth-order valence-electron chi connectivity index (χ4n) is 1.72. The van der Waals surface area contributed by atoms with Gasteiger partial charge < -0.3 is 14.6 Å². The summed E-state index contributed by atoms with van der Waals surface area (Å²) in [5, 5.41) is 9.47. The van der Waals surface area contributed by atoms with Crippen molar-refractivity contribution in [3.8, 4) is 11.5 Å². The molecule has 0 aliphatic heterocycles. The SMILES string of the molecule is COc1cccc(COc2ccc(Cl)cc2C(=O)O)c1. The minimum Gasteiger partial charge on any atom is -0.497 e. The van der Waals surface area contributed by atoms with Gasteiger partial charge in [0, 0.05) is 5.02 Å². The van der Waals surface area contributed by atoms with E-state index in [1.54, 1.807) is 19.2 Å². The van der Waals surface area contributed by atoms with E-state index in [1.807, 2.05) is 24.3 Å². The van der Waals surface area contributed by atoms with Crippen LogP contribution in [-0.2, 0) is 6.61 Å². The second-order valence-corrected chi connectivity index (χ2v) is 4.52. The van der Waals surface area contributed by atoms with Gasteiger partial charge in [0.25, 0.3) is 0 Å². The molecule has 0 amide bonds. The molecule has 0 radical (unpaired) electrons. The maximum absolute atomic E-state index is 11.1. The van der Waals surface area contributed by atoms with Crippen molar-refractivity contribution in [1.29, 1.82) is 0 Å². The predicted molar refractivity (Wildman–Crippen MR) is 75.7 cm³/mol. The van der Waals surface area contributed by atoms with Gasteiger partial charge in [-0.15, -0.1) is 0 Å². The van der Waals surface area contributed by atoms with Gasteiger partial charge in [-0.1, -0.05) is 23.7 Å². The summed E-state index contributed by atoms with van der Waals surface area (Å²) in [5.74, 6) is -0.0708. The van der Waals surface area contributed by atoms with E-state index in [2.05, 4.69) is 0 Å². The van der Waals surface area contributed by atoms with Gasteiger partial charge in [-0.25, -0.2) is 4.79 Å². The lowest BCUT2D eigenvalue weighted by atomic mass is 10.2. The van der Waals surface area contributed by atoms with E-state index >= 15 is 0 Å². The molecule has 104 valence electrons. The third kappa shape index (κ3) is 3.42. The van der Waals surface area contributed by atoms with Crippen molar-refractivity contribution >= 4 is 17.6 Å². The predicted octanol–water partition coefficient (Wildman–Crippen LogP) is 3.63. The number of benzene rings is 2. The first-order valence-corrected chi connectivity index (χ1v) is 6.26. The van der Waals surface area contributed by atoms with E-state index in [0.717, 1.165) is 11.3 Å². The number of hydrogen-bond donors (Lipinski definition) is 1. The molecule has 1 N–H and O–H groups in total. The molecule has 0 atom stereocenters. The molecule has 2 rings (SSSR count). The van der Waals surface area contributed by atoms with Crippen molar-refractivity contribution in [2.24, 2.45) is 0 Å². The van der Waals surface area contributed by atoms with Crippen LogP contribution in [0.1, 0.15) is 15.9 Å². The number of carbonyl (C=O) groups is 1. The number of rotatable bonds is 5. The van der Waals surface area contributed by atoms with Gasteiger partial charge in [-0.3, -0.25) is 0 Å². The highest BCUT2D eigenvalue weighted by molar-refractivity contribution is 6.31. The van der Waals surface area contributed by atoms with Crippen LogP contribution in [0, 0.1) is 0 Å². The lowest BCUT2D eigenvalue weighted by molar-refractivity contribution is 0.0691. The van der Waals surface area contributed by atoms with Crippen LogP contribution >= 0.6 is 11.6 Å². The number of ether oxygens (including phenoxy) is 2. The fraction of sp³-hybridized carbons (Fsp3) is 0.133. The Morgan fingerprint density at radius 3 is 2.75 bits per heavy atom. The summed E-state index contributed by atoms with van der Waals surface area (Å²) in [6, 6.07) is 11.9. The van der Waals surface area contributed by atoms with Crippen LogP contribution < -0.4 is 9.47 Å². The zero-order valence-electron chi connectivity index (χ0n) is 10.8. The summed E-state index contributed by atoms with van der Waals surface area (Å²) in [7, 11) is 1.59. The van der Waals surface area contributed by atoms with E-state index < -0.39 is 5.97 Å². The molecule has 0 aliphatic carbocycles. The largest absolute Gasteiger partial charge is 0.497 e. The molecule has 0 aliphatic rings. The Morgan fingerprint density at radius 1 is 1.25 bits per heavy atom. The van der Waals surface area contributed by atoms with Gasteiger partial charge in [0.2, 0.25) is 0 Å². The van der Waals surface area contributed by atoms with E-state index in [-0.39, 0.29) is 17.9 Å². The summed E-state index contributed by atoms with van der Waals surface area (Å²) >= 11 is 5.78. The fourth-order valence-corrected chi connectivity index (χ4v) is 1.89. The van der Waals surface area contributed by atoms with Crippen LogP contribution in [0.25, 0.3) is 0 Å². The molecule has 0 aromatic heterocycles. The van der Waals surface area contributed by atoms with Gasteiger partial charge in [-0.2, -0.15) is 0 Å². The molecule has 0 heterocycles. The van der Waals surface area contributed by atoms with E-state index in [0.29, 0.717) is 5.02 Å². The monoisotopic (exact) mass is 292 g/mol. The Hall–Kier alpha value is -2.20. The molecule has 0 bridgehead atoms. The van der Waals surface area contributed by atoms with Crippen molar-refractivity contribution in [3.05, 3.63) is 58.6 Å². The highest BCUT2D eigenvalue weighted by Crippen LogP contribution is 2.24. The Bertz CT molecular complexity index is 625. The second kappa shape index (κ2) is 6.30. The first-order valence-electron chi connectivity index (χ1n) is 5.88. The molecule has 5 heteroatoms. The maximum atomic E-state index is 11.1. The Morgan fingerprint density at radius 2 is 2.05 bits per heavy atom. The van der Waals surface area contributed by atoms with Crippen LogP contribution in [0.5, 0.6) is 11.5 Å². The van der Waals surface area contributed by atoms with Gasteiger partial charge in [0.15, 0.2) is 0 Å². The van der Waals surface area contributed by atoms with Gasteiger partial charge in [-0.05, 0) is 35.9 Å². The zero-order valence-corrected chi connectivity index (χ0v) is 11.6. The average molecular weight is 293 g/mol. The van der Waals surface area contributed by atoms with Crippen LogP contribution in [0.15, 0.2) is 42.5 Å². The number of aromatic carboxylic acids is 1. The van der Waals surface area contributed by atoms with Crippen molar-refractivity contribution in [3.63, 3.8) is 0 Å². The summed E-state index contributed by atoms with van der Waals surface area (Å²) in [4.78, 5) is 11.1. The average Bonchev–Trinajstić information content (AvgIpc) is 2.46. The standard InChI is InChI=1S/C15H13ClO4/c1-19-12-4-2-3-10(7-12)9-20-14-6-5-11(16)8-13(14)15(17)18/h2-8H,9H2,1H3,(H,17,18). The first kappa shape index (κ1) is 14.2. The summed E-state index contributed by atoms with van der Waals surface area (Å²) < 4.78 is 10.7. The number of carboxylic acid groups (broad SMARTS) is 1. The molecule has 0 saturated heterocycles. The molecule has 0 fully saturated rings. The highest BCUT2D eigenvalue weighted by Gasteiger charge is 2.12. The van der Waals surface area contributed by atoms with Crippen LogP contribution in [-0.4, -0.2) is 18.2 Å². The third-order valence-corrected chi connectivity index (χ3v) is 2.94. The van der Waals surface area contributed by atoms with E-state index in [1.165, 1.54) is 6.07 Å². The van der Waals surface area contributed by atoms with E-state index in [4.69, 9.17) is 26.2 Å². The normalized spacial score (nSPS) is 10.1. The molecular formula is C15H13ClO4. The van der Waals surface area contributed by atoms with Crippen LogP contribution in [0.4, 0.5) is 0 Å². The Kier molecular flexibility index (Phi) is 4.48. The van der Waals surface area contributed by atoms with Crippen LogP contribution in [0.3, 0.4) is 0 Å². The van der Waals surface area contributed by atoms with Crippen molar-refractivity contribution in [2.75, 3.05) is 7.11 Å². The zero-order chi connectivity index (χ0) is 14.5. The Labute approximate surface area is 121 Å². The smallest absolute Gasteiger partial charge is 0.339 e. The molecule has 0 saturated carbocycles. The van der Waals surface area contributed by atoms with E-state index in [9.17, 15) is 4.79 Å². The highest BCUT2D eigenvalue weighted by atomic mass is 35.5. The number of methoxy groups -OCH3 is 1. The molecule has 0 spiro atoms. The molecule has 20 heavy (non-hydrogen) atoms. The second-order valence-electron chi connectivity index (χ2n) is 4.09. The summed E-state index contributed by atoms with van der Waals surface area (Å²) in [6.07, 6.45) is 0. The number of hydrogen-bond acceptors (Lipinski definition) is 3. The van der Waals surface area contributed by atoms with Gasteiger partial charge in [0.1, 0.15) is 23.7 Å². The minimum atomic E-state index is -1.08. The lowest BCUT2D eigenvalue weighted by Crippen LogP contribution is -2.03. The van der Waals surface area contributed by atoms with Crippen LogP contribution in [0.2, 0.25) is 5.02 Å². The van der Waals surface area contributed by atoms with Crippen molar-refractivity contribution in [1.82, 2.24) is 0 Å². The summed E-state index contributed by atoms with van der Waals surface area (Å²) in [6.45, 7) is 0.249. The molecule has 4 nitrogen and oxygen atoms in total. The molecular weight excluding hydrogens is 280 g/mol. The Balaban J connectivity index is 2.16. The topological polar surface area (TPSA) is 55.8 Å². The van der Waals surface area contributed by atoms with Gasteiger partial charge >= 0.3 is 5.97 Å². The molecule has 0 unspecified atom stereocenters. The van der Waals surface area contributed by atoms with Gasteiger partial charge in [0.05, 0.1) is 7.11 Å². The molecule has 2 aromatic carbocycles. The first-order chi connectivity index (χ1) is 9.60. The lowest BCUT2D eigenvalue weighted by Gasteiger charge is -2.10. The van der Waals surface area contributed by atoms with Crippen molar-refractivity contribution in [2.45, 2.75) is 6.61 Å². The number of halogens is 1. The molecule has 2 aromatic rings.